The van der Waals surface area contributed by atoms with Crippen molar-refractivity contribution >= 4 is 23.4 Å². The fourth-order valence-electron chi connectivity index (χ4n) is 4.05. The Balaban J connectivity index is 1.87. The van der Waals surface area contributed by atoms with Gasteiger partial charge in [-0.15, -0.1) is 0 Å². The van der Waals surface area contributed by atoms with E-state index >= 15 is 4.39 Å². The lowest BCUT2D eigenvalue weighted by atomic mass is 10.1. The molecule has 1 aliphatic rings. The lowest BCUT2D eigenvalue weighted by Crippen LogP contribution is -2.42. The van der Waals surface area contributed by atoms with Crippen LogP contribution >= 0.6 is 0 Å². The average Bonchev–Trinajstić information content (AvgIpc) is 3.28. The van der Waals surface area contributed by atoms with Crippen molar-refractivity contribution in [3.05, 3.63) is 96.1 Å². The number of rotatable bonds is 7. The number of carbonyl (C=O) groups excluding carboxylic acids is 2. The highest BCUT2D eigenvalue weighted by molar-refractivity contribution is 5.94. The van der Waals surface area contributed by atoms with E-state index in [0.29, 0.717) is 12.1 Å². The predicted octanol–water partition coefficient (Wildman–Crippen LogP) is 2.11. The molecule has 2 heterocycles. The average molecular weight is 511 g/mol. The Hall–Kier alpha value is -4.81. The summed E-state index contributed by atoms with van der Waals surface area (Å²) in [7, 11) is 0. The first kappa shape index (κ1) is 25.3. The van der Waals surface area contributed by atoms with Gasteiger partial charge in [0.1, 0.15) is 11.4 Å². The molecule has 0 bridgehead atoms. The quantitative estimate of drug-likeness (QED) is 0.290. The van der Waals surface area contributed by atoms with Gasteiger partial charge in [-0.3, -0.25) is 28.9 Å². The maximum atomic E-state index is 15.0. The van der Waals surface area contributed by atoms with Crippen LogP contribution in [-0.4, -0.2) is 45.8 Å². The van der Waals surface area contributed by atoms with E-state index in [2.05, 4.69) is 5.32 Å². The van der Waals surface area contributed by atoms with Crippen molar-refractivity contribution < 1.29 is 23.6 Å². The Bertz CT molecular complexity index is 1550. The summed E-state index contributed by atoms with van der Waals surface area (Å²) in [5.41, 5.74) is -2.01. The van der Waals surface area contributed by atoms with Crippen LogP contribution < -0.4 is 21.5 Å². The van der Waals surface area contributed by atoms with Crippen LogP contribution in [0, 0.1) is 22.9 Å². The Morgan fingerprint density at radius 3 is 2.59 bits per heavy atom. The molecule has 0 unspecified atom stereocenters. The molecule has 0 spiro atoms. The predicted molar refractivity (Wildman–Crippen MR) is 130 cm³/mol. The van der Waals surface area contributed by atoms with Gasteiger partial charge in [0.25, 0.3) is 11.2 Å². The van der Waals surface area contributed by atoms with E-state index in [1.54, 1.807) is 6.92 Å². The molecule has 1 aromatic heterocycles. The highest BCUT2D eigenvalue weighted by atomic mass is 19.1. The molecule has 1 fully saturated rings. The van der Waals surface area contributed by atoms with E-state index in [4.69, 9.17) is 4.74 Å². The Kier molecular flexibility index (Phi) is 6.87. The van der Waals surface area contributed by atoms with Crippen LogP contribution in [0.5, 0.6) is 0 Å². The number of halogens is 1. The van der Waals surface area contributed by atoms with Gasteiger partial charge >= 0.3 is 17.7 Å². The topological polar surface area (TPSA) is 146 Å². The maximum Gasteiger partial charge on any atom is 0.345 e. The first-order valence-corrected chi connectivity index (χ1v) is 11.3. The SMILES string of the molecule is CCOC(=O)c1cn(-c2ccc(N3CCNC3=O)c(F)c2)c(=O)n(Cc2cccc([N+](=O)[O-])c2C)c1=O. The Labute approximate surface area is 208 Å². The van der Waals surface area contributed by atoms with Crippen molar-refractivity contribution in [1.29, 1.82) is 0 Å². The smallest absolute Gasteiger partial charge is 0.345 e. The van der Waals surface area contributed by atoms with Crippen molar-refractivity contribution in [2.75, 3.05) is 24.6 Å². The largest absolute Gasteiger partial charge is 0.462 e. The van der Waals surface area contributed by atoms with Gasteiger partial charge < -0.3 is 10.1 Å². The molecule has 4 rings (SSSR count). The number of carbonyl (C=O) groups is 2. The molecule has 1 aliphatic heterocycles. The van der Waals surface area contributed by atoms with Gasteiger partial charge in [-0.05, 0) is 31.5 Å². The molecular formula is C24H22FN5O7. The molecule has 0 aliphatic carbocycles. The zero-order valence-electron chi connectivity index (χ0n) is 19.9. The number of esters is 1. The van der Waals surface area contributed by atoms with Crippen LogP contribution in [0.4, 0.5) is 20.6 Å². The third kappa shape index (κ3) is 4.70. The van der Waals surface area contributed by atoms with Gasteiger partial charge in [0.05, 0.1) is 29.4 Å². The molecule has 12 nitrogen and oxygen atoms in total. The van der Waals surface area contributed by atoms with Crippen molar-refractivity contribution in [3.8, 4) is 5.69 Å². The first-order valence-electron chi connectivity index (χ1n) is 11.3. The van der Waals surface area contributed by atoms with Crippen LogP contribution in [-0.2, 0) is 11.3 Å². The minimum atomic E-state index is -0.989. The summed E-state index contributed by atoms with van der Waals surface area (Å²) in [5.74, 6) is -1.79. The molecule has 1 N–H and O–H groups in total. The molecule has 3 aromatic rings. The normalized spacial score (nSPS) is 12.9. The number of nitro groups is 1. The van der Waals surface area contributed by atoms with Gasteiger partial charge in [-0.1, -0.05) is 12.1 Å². The summed E-state index contributed by atoms with van der Waals surface area (Å²) in [6.45, 7) is 3.21. The van der Waals surface area contributed by atoms with Crippen molar-refractivity contribution in [2.45, 2.75) is 20.4 Å². The van der Waals surface area contributed by atoms with Crippen molar-refractivity contribution in [3.63, 3.8) is 0 Å². The second-order valence-corrected chi connectivity index (χ2v) is 8.14. The molecule has 2 amide bonds. The number of ether oxygens (including phenoxy) is 1. The summed E-state index contributed by atoms with van der Waals surface area (Å²) in [6.07, 6.45) is 0.969. The number of benzene rings is 2. The van der Waals surface area contributed by atoms with Crippen LogP contribution in [0.25, 0.3) is 5.69 Å². The number of aromatic nitrogens is 2. The lowest BCUT2D eigenvalue weighted by molar-refractivity contribution is -0.385. The number of hydrogen-bond acceptors (Lipinski definition) is 7. The number of hydrogen-bond donors (Lipinski definition) is 1. The molecule has 0 saturated carbocycles. The maximum absolute atomic E-state index is 15.0. The molecule has 0 radical (unpaired) electrons. The third-order valence-electron chi connectivity index (χ3n) is 5.97. The number of urea groups is 1. The first-order chi connectivity index (χ1) is 17.6. The van der Waals surface area contributed by atoms with Gasteiger partial charge in [-0.25, -0.2) is 18.8 Å². The van der Waals surface area contributed by atoms with Gasteiger partial charge in [0.2, 0.25) is 0 Å². The molecule has 192 valence electrons. The van der Waals surface area contributed by atoms with E-state index in [1.807, 2.05) is 0 Å². The van der Waals surface area contributed by atoms with Crippen LogP contribution in [0.1, 0.15) is 28.4 Å². The summed E-state index contributed by atoms with van der Waals surface area (Å²) >= 11 is 0. The Morgan fingerprint density at radius 2 is 1.97 bits per heavy atom. The van der Waals surface area contributed by atoms with Gasteiger partial charge in [0.15, 0.2) is 0 Å². The zero-order valence-corrected chi connectivity index (χ0v) is 19.9. The number of nitrogens with zero attached hydrogens (tertiary/aromatic N) is 4. The monoisotopic (exact) mass is 511 g/mol. The highest BCUT2D eigenvalue weighted by Crippen LogP contribution is 2.24. The fourth-order valence-corrected chi connectivity index (χ4v) is 4.05. The van der Waals surface area contributed by atoms with E-state index in [-0.39, 0.29) is 42.3 Å². The van der Waals surface area contributed by atoms with Crippen molar-refractivity contribution in [1.82, 2.24) is 14.5 Å². The second-order valence-electron chi connectivity index (χ2n) is 8.14. The van der Waals surface area contributed by atoms with E-state index in [9.17, 15) is 29.3 Å². The molecule has 2 aromatic carbocycles. The number of amides is 2. The Morgan fingerprint density at radius 1 is 1.22 bits per heavy atom. The zero-order chi connectivity index (χ0) is 26.9. The summed E-state index contributed by atoms with van der Waals surface area (Å²) in [4.78, 5) is 63.0. The number of nitro benzene ring substituents is 1. The van der Waals surface area contributed by atoms with Crippen LogP contribution in [0.2, 0.25) is 0 Å². The van der Waals surface area contributed by atoms with Crippen LogP contribution in [0.3, 0.4) is 0 Å². The summed E-state index contributed by atoms with van der Waals surface area (Å²) < 4.78 is 21.6. The van der Waals surface area contributed by atoms with E-state index in [0.717, 1.165) is 21.4 Å². The standard InChI is InChI=1S/C24H22FN5O7/c1-3-37-22(32)17-13-28(16-7-8-20(18(25)11-16)27-10-9-26-23(27)33)24(34)29(21(17)31)12-15-5-4-6-19(14(15)2)30(35)36/h4-8,11,13H,3,9-10,12H2,1-2H3,(H,26,33). The molecule has 1 saturated heterocycles. The number of anilines is 1. The molecular weight excluding hydrogens is 489 g/mol. The minimum Gasteiger partial charge on any atom is -0.462 e. The molecule has 37 heavy (non-hydrogen) atoms. The lowest BCUT2D eigenvalue weighted by Gasteiger charge is -2.17. The fraction of sp³-hybridized carbons (Fsp3) is 0.250. The van der Waals surface area contributed by atoms with Crippen molar-refractivity contribution in [2.24, 2.45) is 0 Å². The molecule has 13 heteroatoms. The summed E-state index contributed by atoms with van der Waals surface area (Å²) in [5, 5.41) is 13.9. The van der Waals surface area contributed by atoms with E-state index < -0.39 is 39.6 Å². The number of nitrogens with one attached hydrogen (secondary N) is 1. The second kappa shape index (κ2) is 10.0. The minimum absolute atomic E-state index is 0.00189. The molecule has 0 atom stereocenters. The van der Waals surface area contributed by atoms with Gasteiger partial charge in [-0.2, -0.15) is 0 Å². The van der Waals surface area contributed by atoms with E-state index in [1.165, 1.54) is 42.2 Å². The highest BCUT2D eigenvalue weighted by Gasteiger charge is 2.25. The van der Waals surface area contributed by atoms with Gasteiger partial charge in [0, 0.05) is 37.0 Å². The third-order valence-corrected chi connectivity index (χ3v) is 5.97. The van der Waals surface area contributed by atoms with Crippen LogP contribution in [0.15, 0.2) is 52.2 Å². The summed E-state index contributed by atoms with van der Waals surface area (Å²) in [6, 6.07) is 7.45.